The highest BCUT2D eigenvalue weighted by molar-refractivity contribution is 7.22. The van der Waals surface area contributed by atoms with Crippen LogP contribution in [0.25, 0.3) is 32.2 Å². The van der Waals surface area contributed by atoms with Crippen molar-refractivity contribution >= 4 is 44.9 Å². The lowest BCUT2D eigenvalue weighted by atomic mass is 9.71. The molecule has 0 unspecified atom stereocenters. The van der Waals surface area contributed by atoms with Gasteiger partial charge >= 0.3 is 5.76 Å². The highest BCUT2D eigenvalue weighted by atomic mass is 35.5. The van der Waals surface area contributed by atoms with Crippen LogP contribution < -0.4 is 11.1 Å². The number of halogens is 2. The van der Waals surface area contributed by atoms with Crippen LogP contribution in [-0.4, -0.2) is 47.5 Å². The molecule has 1 saturated carbocycles. The maximum absolute atomic E-state index is 14.4. The largest absolute Gasteiger partial charge is 0.434 e. The summed E-state index contributed by atoms with van der Waals surface area (Å²) in [6.07, 6.45) is 7.92. The number of aromatic nitrogens is 6. The van der Waals surface area contributed by atoms with E-state index in [9.17, 15) is 14.0 Å². The third-order valence-corrected chi connectivity index (χ3v) is 12.1. The van der Waals surface area contributed by atoms with Gasteiger partial charge in [-0.3, -0.25) is 14.8 Å². The van der Waals surface area contributed by atoms with E-state index in [4.69, 9.17) is 31.0 Å². The Kier molecular flexibility index (Phi) is 6.42. The first-order valence-corrected chi connectivity index (χ1v) is 17.8. The number of pyridine rings is 3. The minimum Gasteiger partial charge on any atom is -0.388 e. The number of hydrogen-bond acceptors (Lipinski definition) is 10. The summed E-state index contributed by atoms with van der Waals surface area (Å²) >= 11 is 7.90. The molecular weight excluding hydrogens is 679 g/mol. The van der Waals surface area contributed by atoms with Gasteiger partial charge in [-0.25, -0.2) is 24.3 Å². The molecule has 0 radical (unpaired) electrons. The van der Waals surface area contributed by atoms with Gasteiger partial charge in [0.25, 0.3) is 11.8 Å². The molecule has 5 aliphatic rings. The van der Waals surface area contributed by atoms with Gasteiger partial charge in [0.15, 0.2) is 0 Å². The number of H-pyrrole nitrogens is 1. The Morgan fingerprint density at radius 1 is 1.10 bits per heavy atom. The van der Waals surface area contributed by atoms with E-state index in [0.29, 0.717) is 63.5 Å². The number of nitrogens with one attached hydrogen (secondary N) is 2. The maximum atomic E-state index is 14.4. The molecule has 1 amide bonds. The van der Waals surface area contributed by atoms with Crippen molar-refractivity contribution in [3.63, 3.8) is 0 Å². The molecule has 1 spiro atoms. The minimum atomic E-state index is -0.717. The molecule has 14 heteroatoms. The Labute approximate surface area is 293 Å². The summed E-state index contributed by atoms with van der Waals surface area (Å²) in [5.41, 5.74) is 7.01. The highest BCUT2D eigenvalue weighted by Crippen LogP contribution is 2.62. The SMILES string of the molecule is Cc1cc2nc(-c3c4c(nc(CCc5ccc(F)cc5)c3-c3n[nH]c(=O)o3)C35CC(CN3C4=O)C5)sc2c(N[C@@H]2CCc3c(Cl)cncc32)n1. The molecule has 11 rings (SSSR count). The summed E-state index contributed by atoms with van der Waals surface area (Å²) in [4.78, 5) is 48.4. The van der Waals surface area contributed by atoms with Crippen molar-refractivity contribution in [1.82, 2.24) is 35.0 Å². The summed E-state index contributed by atoms with van der Waals surface area (Å²) in [7, 11) is 0. The van der Waals surface area contributed by atoms with E-state index < -0.39 is 11.3 Å². The van der Waals surface area contributed by atoms with Gasteiger partial charge in [-0.2, -0.15) is 0 Å². The fourth-order valence-electron chi connectivity index (χ4n) is 8.53. The number of carbonyl (C=O) groups is 1. The standard InChI is InChI=1S/C36H28ClFN8O3S/c1-16-10-25-29(31(40-16)42-23-9-7-20-21(23)13-39-14-22(20)37)50-33(43-25)27-26(32-44-45-35(48)49-32)24(8-4-17-2-5-19(38)6-3-17)41-30-28(27)34(47)46-15-18-11-36(30,46)12-18/h2-3,5-6,10,13-14,18,23H,4,7-9,11-12,15H2,1H3,(H,40,42)(H,45,48)/t18?,23-,36?/m1/s1. The molecule has 50 heavy (non-hydrogen) atoms. The zero-order chi connectivity index (χ0) is 33.9. The number of rotatable bonds is 7. The third kappa shape index (κ3) is 4.35. The van der Waals surface area contributed by atoms with Crippen molar-refractivity contribution in [2.24, 2.45) is 5.92 Å². The number of hydrogen-bond donors (Lipinski definition) is 2. The predicted octanol–water partition coefficient (Wildman–Crippen LogP) is 6.55. The van der Waals surface area contributed by atoms with E-state index in [1.54, 1.807) is 18.3 Å². The number of aromatic amines is 1. The van der Waals surface area contributed by atoms with Gasteiger partial charge in [-0.15, -0.1) is 16.4 Å². The van der Waals surface area contributed by atoms with Crippen molar-refractivity contribution in [3.8, 4) is 22.0 Å². The van der Waals surface area contributed by atoms with Crippen LogP contribution >= 0.6 is 22.9 Å². The summed E-state index contributed by atoms with van der Waals surface area (Å²) in [6, 6.07) is 8.27. The summed E-state index contributed by atoms with van der Waals surface area (Å²) in [5, 5.41) is 11.5. The molecule has 3 aliphatic heterocycles. The number of benzene rings is 1. The van der Waals surface area contributed by atoms with E-state index in [2.05, 4.69) is 20.5 Å². The number of amides is 1. The van der Waals surface area contributed by atoms with E-state index >= 15 is 0 Å². The molecule has 250 valence electrons. The maximum Gasteiger partial charge on any atom is 0.434 e. The molecular formula is C36H28ClFN8O3S. The highest BCUT2D eigenvalue weighted by Gasteiger charge is 2.65. The lowest BCUT2D eigenvalue weighted by Crippen LogP contribution is -2.40. The fourth-order valence-corrected chi connectivity index (χ4v) is 9.84. The van der Waals surface area contributed by atoms with Crippen LogP contribution in [0, 0.1) is 18.7 Å². The number of nitrogens with zero attached hydrogens (tertiary/aromatic N) is 6. The molecule has 1 atom stereocenters. The molecule has 3 fully saturated rings. The van der Waals surface area contributed by atoms with E-state index in [-0.39, 0.29) is 23.7 Å². The number of thiazole rings is 1. The summed E-state index contributed by atoms with van der Waals surface area (Å²) < 4.78 is 20.2. The fraction of sp³-hybridized carbons (Fsp3) is 0.306. The summed E-state index contributed by atoms with van der Waals surface area (Å²) in [6.45, 7) is 2.61. The molecule has 2 N–H and O–H groups in total. The molecule has 2 bridgehead atoms. The van der Waals surface area contributed by atoms with Crippen LogP contribution in [0.2, 0.25) is 5.02 Å². The minimum absolute atomic E-state index is 0.0317. The number of fused-ring (bicyclic) bond motifs is 3. The van der Waals surface area contributed by atoms with Gasteiger partial charge in [0.05, 0.1) is 49.3 Å². The number of anilines is 1. The van der Waals surface area contributed by atoms with Gasteiger partial charge < -0.3 is 14.6 Å². The van der Waals surface area contributed by atoms with E-state index in [1.807, 2.05) is 24.1 Å². The quantitative estimate of drug-likeness (QED) is 0.189. The first kappa shape index (κ1) is 29.9. The molecule has 8 heterocycles. The molecule has 2 saturated heterocycles. The topological polar surface area (TPSA) is 143 Å². The van der Waals surface area contributed by atoms with Gasteiger partial charge in [0.2, 0.25) is 0 Å². The van der Waals surface area contributed by atoms with Crippen molar-refractivity contribution in [1.29, 1.82) is 0 Å². The van der Waals surface area contributed by atoms with Crippen molar-refractivity contribution < 1.29 is 13.6 Å². The zero-order valence-corrected chi connectivity index (χ0v) is 28.3. The van der Waals surface area contributed by atoms with Gasteiger partial charge in [-0.1, -0.05) is 23.7 Å². The lowest BCUT2D eigenvalue weighted by molar-refractivity contribution is 0.0637. The van der Waals surface area contributed by atoms with Crippen molar-refractivity contribution in [3.05, 3.63) is 103 Å². The molecule has 6 aromatic rings. The van der Waals surface area contributed by atoms with Gasteiger partial charge in [0, 0.05) is 30.2 Å². The van der Waals surface area contributed by atoms with Gasteiger partial charge in [-0.05, 0) is 86.3 Å². The van der Waals surface area contributed by atoms with Crippen LogP contribution in [-0.2, 0) is 24.8 Å². The molecule has 2 aliphatic carbocycles. The van der Waals surface area contributed by atoms with Crippen LogP contribution in [0.5, 0.6) is 0 Å². The van der Waals surface area contributed by atoms with Crippen LogP contribution in [0.4, 0.5) is 10.2 Å². The van der Waals surface area contributed by atoms with Crippen LogP contribution in [0.3, 0.4) is 0 Å². The molecule has 11 nitrogen and oxygen atoms in total. The van der Waals surface area contributed by atoms with E-state index in [1.165, 1.54) is 23.5 Å². The Hall–Kier alpha value is -5.01. The second-order valence-electron chi connectivity index (χ2n) is 13.7. The first-order chi connectivity index (χ1) is 24.3. The third-order valence-electron chi connectivity index (χ3n) is 10.7. The Morgan fingerprint density at radius 2 is 1.94 bits per heavy atom. The normalized spacial score (nSPS) is 21.4. The number of aryl methyl sites for hydroxylation is 3. The Balaban J connectivity index is 1.17. The second-order valence-corrected chi connectivity index (χ2v) is 15.1. The average molecular weight is 707 g/mol. The molecule has 1 aromatic carbocycles. The first-order valence-electron chi connectivity index (χ1n) is 16.6. The van der Waals surface area contributed by atoms with Gasteiger partial charge in [0.1, 0.15) is 16.6 Å². The smallest absolute Gasteiger partial charge is 0.388 e. The van der Waals surface area contributed by atoms with Crippen molar-refractivity contribution in [2.75, 3.05) is 11.9 Å². The molecule has 5 aromatic heterocycles. The monoisotopic (exact) mass is 706 g/mol. The van der Waals surface area contributed by atoms with Crippen LogP contribution in [0.15, 0.2) is 51.9 Å². The summed E-state index contributed by atoms with van der Waals surface area (Å²) in [5.74, 6) is 0.0632. The lowest BCUT2D eigenvalue weighted by Gasteiger charge is -2.37. The second kappa shape index (κ2) is 10.7. The van der Waals surface area contributed by atoms with Crippen LogP contribution in [0.1, 0.15) is 69.4 Å². The van der Waals surface area contributed by atoms with E-state index in [0.717, 1.165) is 64.0 Å². The Morgan fingerprint density at radius 3 is 2.74 bits per heavy atom. The number of carbonyl (C=O) groups excluding carboxylic acids is 1. The van der Waals surface area contributed by atoms with Crippen molar-refractivity contribution in [2.45, 2.75) is 57.0 Å². The zero-order valence-electron chi connectivity index (χ0n) is 26.7. The average Bonchev–Trinajstić information content (AvgIpc) is 3.93. The Bertz CT molecular complexity index is 2470. The predicted molar refractivity (Wildman–Crippen MR) is 185 cm³/mol.